The van der Waals surface area contributed by atoms with E-state index >= 15 is 0 Å². The molecule has 1 N–H and O–H groups in total. The third-order valence-corrected chi connectivity index (χ3v) is 7.52. The minimum absolute atomic E-state index is 0.208. The third kappa shape index (κ3) is 5.32. The van der Waals surface area contributed by atoms with Crippen LogP contribution in [0.1, 0.15) is 25.0 Å². The molecule has 4 nitrogen and oxygen atoms in total. The highest BCUT2D eigenvalue weighted by Crippen LogP contribution is 2.39. The first-order valence-corrected chi connectivity index (χ1v) is 13.7. The van der Waals surface area contributed by atoms with Gasteiger partial charge in [0.1, 0.15) is 11.6 Å². The predicted octanol–water partition coefficient (Wildman–Crippen LogP) is 9.31. The molecule has 41 heavy (non-hydrogen) atoms. The zero-order valence-corrected chi connectivity index (χ0v) is 23.1. The van der Waals surface area contributed by atoms with Gasteiger partial charge in [0.05, 0.1) is 11.4 Å². The summed E-state index contributed by atoms with van der Waals surface area (Å²) in [6.45, 7) is 4.45. The van der Waals surface area contributed by atoms with Gasteiger partial charge in [0.25, 0.3) is 0 Å². The van der Waals surface area contributed by atoms with Crippen LogP contribution in [-0.2, 0) is 5.41 Å². The number of anilines is 3. The van der Waals surface area contributed by atoms with Gasteiger partial charge in [-0.15, -0.1) is 0 Å². The highest BCUT2D eigenvalue weighted by atomic mass is 16.3. The van der Waals surface area contributed by atoms with Gasteiger partial charge in [-0.2, -0.15) is 0 Å². The number of pyridine rings is 2. The van der Waals surface area contributed by atoms with E-state index in [-0.39, 0.29) is 11.2 Å². The van der Waals surface area contributed by atoms with Crippen LogP contribution in [0.5, 0.6) is 5.75 Å². The highest BCUT2D eigenvalue weighted by Gasteiger charge is 2.25. The van der Waals surface area contributed by atoms with Crippen LogP contribution in [-0.4, -0.2) is 15.1 Å². The third-order valence-electron chi connectivity index (χ3n) is 7.52. The lowest BCUT2D eigenvalue weighted by Crippen LogP contribution is -2.19. The number of phenols is 1. The summed E-state index contributed by atoms with van der Waals surface area (Å²) < 4.78 is 0. The normalized spacial score (nSPS) is 11.3. The van der Waals surface area contributed by atoms with E-state index in [0.29, 0.717) is 5.56 Å². The molecular formula is C37H31N3O. The molecule has 200 valence electrons. The number of aromatic nitrogens is 2. The molecule has 0 fully saturated rings. The fourth-order valence-corrected chi connectivity index (χ4v) is 5.17. The first-order valence-electron chi connectivity index (χ1n) is 13.7. The Labute approximate surface area is 241 Å². The monoisotopic (exact) mass is 533 g/mol. The fraction of sp³-hybridized carbons (Fsp3) is 0.0811. The van der Waals surface area contributed by atoms with Crippen molar-refractivity contribution in [1.29, 1.82) is 0 Å². The number of nitrogens with zero attached hydrogens (tertiary/aromatic N) is 3. The maximum absolute atomic E-state index is 10.8. The summed E-state index contributed by atoms with van der Waals surface area (Å²) in [6, 6.07) is 46.7. The summed E-state index contributed by atoms with van der Waals surface area (Å²) in [6.07, 6.45) is 1.81. The van der Waals surface area contributed by atoms with Gasteiger partial charge in [0.15, 0.2) is 0 Å². The molecule has 6 aromatic rings. The van der Waals surface area contributed by atoms with E-state index in [1.807, 2.05) is 66.9 Å². The Morgan fingerprint density at radius 2 is 1.24 bits per heavy atom. The van der Waals surface area contributed by atoms with Crippen LogP contribution in [0.2, 0.25) is 0 Å². The van der Waals surface area contributed by atoms with Gasteiger partial charge in [0.2, 0.25) is 0 Å². The van der Waals surface area contributed by atoms with Crippen LogP contribution in [0, 0.1) is 0 Å². The fourth-order valence-electron chi connectivity index (χ4n) is 5.17. The summed E-state index contributed by atoms with van der Waals surface area (Å²) in [4.78, 5) is 11.9. The van der Waals surface area contributed by atoms with E-state index in [9.17, 15) is 5.11 Å². The van der Waals surface area contributed by atoms with Crippen molar-refractivity contribution in [2.75, 3.05) is 4.90 Å². The molecule has 4 aromatic carbocycles. The molecule has 0 aliphatic carbocycles. The molecule has 4 heteroatoms. The van der Waals surface area contributed by atoms with Gasteiger partial charge in [-0.05, 0) is 71.8 Å². The molecule has 0 saturated carbocycles. The topological polar surface area (TPSA) is 49.2 Å². The Kier molecular flexibility index (Phi) is 7.05. The van der Waals surface area contributed by atoms with Crippen LogP contribution < -0.4 is 4.90 Å². The minimum Gasteiger partial charge on any atom is -0.507 e. The van der Waals surface area contributed by atoms with Crippen molar-refractivity contribution in [3.63, 3.8) is 0 Å². The van der Waals surface area contributed by atoms with E-state index in [0.717, 1.165) is 39.7 Å². The lowest BCUT2D eigenvalue weighted by molar-refractivity contribution is 0.477. The van der Waals surface area contributed by atoms with E-state index < -0.39 is 0 Å². The SMILES string of the molecule is CC(C)(c1ccccc1)c1cc(-c2cccc(N(c3ccccc3)c3ccccn3)c2)nc(-c2ccccc2O)c1. The predicted molar refractivity (Wildman–Crippen MR) is 168 cm³/mol. The Balaban J connectivity index is 1.53. The number of hydrogen-bond acceptors (Lipinski definition) is 4. The molecule has 0 spiro atoms. The van der Waals surface area contributed by atoms with Crippen molar-refractivity contribution >= 4 is 17.2 Å². The van der Waals surface area contributed by atoms with E-state index in [4.69, 9.17) is 4.98 Å². The standard InChI is InChI=1S/C37H31N3O/c1-37(2,28-15-5-3-6-16-28)29-25-33(39-34(26-29)32-20-9-10-21-35(32)41)27-14-13-19-31(24-27)40(30-17-7-4-8-18-30)36-22-11-12-23-38-36/h3-26,41H,1-2H3. The quantitative estimate of drug-likeness (QED) is 0.222. The van der Waals surface area contributed by atoms with Crippen LogP contribution in [0.15, 0.2) is 146 Å². The number of aromatic hydroxyl groups is 1. The summed E-state index contributed by atoms with van der Waals surface area (Å²) in [5.41, 5.74) is 7.27. The Morgan fingerprint density at radius 3 is 1.98 bits per heavy atom. The first kappa shape index (κ1) is 26.0. The van der Waals surface area contributed by atoms with Crippen LogP contribution in [0.4, 0.5) is 17.2 Å². The molecular weight excluding hydrogens is 502 g/mol. The van der Waals surface area contributed by atoms with Crippen LogP contribution in [0.3, 0.4) is 0 Å². The van der Waals surface area contributed by atoms with Crippen molar-refractivity contribution in [2.45, 2.75) is 19.3 Å². The maximum atomic E-state index is 10.8. The Bertz CT molecular complexity index is 1730. The van der Waals surface area contributed by atoms with Crippen molar-refractivity contribution in [3.05, 3.63) is 157 Å². The van der Waals surface area contributed by atoms with E-state index in [2.05, 4.69) is 96.5 Å². The van der Waals surface area contributed by atoms with Crippen LogP contribution in [0.25, 0.3) is 22.5 Å². The molecule has 0 atom stereocenters. The number of benzene rings is 4. The maximum Gasteiger partial charge on any atom is 0.137 e. The summed E-state index contributed by atoms with van der Waals surface area (Å²) in [5, 5.41) is 10.8. The second-order valence-corrected chi connectivity index (χ2v) is 10.5. The number of para-hydroxylation sites is 2. The average Bonchev–Trinajstić information content (AvgIpc) is 3.03. The van der Waals surface area contributed by atoms with E-state index in [1.54, 1.807) is 6.07 Å². The average molecular weight is 534 g/mol. The highest BCUT2D eigenvalue weighted by molar-refractivity contribution is 5.79. The molecule has 2 heterocycles. The van der Waals surface area contributed by atoms with Crippen molar-refractivity contribution < 1.29 is 5.11 Å². The lowest BCUT2D eigenvalue weighted by Gasteiger charge is -2.27. The van der Waals surface area contributed by atoms with Crippen molar-refractivity contribution in [1.82, 2.24) is 9.97 Å². The zero-order valence-electron chi connectivity index (χ0n) is 23.1. The molecule has 0 saturated heterocycles. The Morgan fingerprint density at radius 1 is 0.585 bits per heavy atom. The second kappa shape index (κ2) is 11.1. The van der Waals surface area contributed by atoms with Gasteiger partial charge < -0.3 is 5.11 Å². The zero-order chi connectivity index (χ0) is 28.2. The molecule has 0 bridgehead atoms. The number of phenolic OH excluding ortho intramolecular Hbond substituents is 1. The molecule has 0 aliphatic rings. The Hall–Kier alpha value is -5.22. The van der Waals surface area contributed by atoms with Crippen molar-refractivity contribution in [3.8, 4) is 28.3 Å². The van der Waals surface area contributed by atoms with Crippen molar-refractivity contribution in [2.24, 2.45) is 0 Å². The largest absolute Gasteiger partial charge is 0.507 e. The minimum atomic E-state index is -0.292. The molecule has 0 aliphatic heterocycles. The van der Waals surface area contributed by atoms with Gasteiger partial charge >= 0.3 is 0 Å². The van der Waals surface area contributed by atoms with Gasteiger partial charge in [-0.1, -0.05) is 92.7 Å². The van der Waals surface area contributed by atoms with Gasteiger partial charge in [-0.25, -0.2) is 9.97 Å². The van der Waals surface area contributed by atoms with E-state index in [1.165, 1.54) is 5.56 Å². The molecule has 2 aromatic heterocycles. The lowest BCUT2D eigenvalue weighted by atomic mass is 9.77. The summed E-state index contributed by atoms with van der Waals surface area (Å²) >= 11 is 0. The van der Waals surface area contributed by atoms with Gasteiger partial charge in [0, 0.05) is 34.1 Å². The molecule has 0 amide bonds. The smallest absolute Gasteiger partial charge is 0.137 e. The molecule has 6 rings (SSSR count). The molecule has 0 unspecified atom stereocenters. The van der Waals surface area contributed by atoms with Gasteiger partial charge in [-0.3, -0.25) is 4.90 Å². The number of hydrogen-bond donors (Lipinski definition) is 1. The summed E-state index contributed by atoms with van der Waals surface area (Å²) in [7, 11) is 0. The number of rotatable bonds is 7. The second-order valence-electron chi connectivity index (χ2n) is 10.5. The van der Waals surface area contributed by atoms with Crippen LogP contribution >= 0.6 is 0 Å². The molecule has 0 radical (unpaired) electrons. The summed E-state index contributed by atoms with van der Waals surface area (Å²) in [5.74, 6) is 1.04. The first-order chi connectivity index (χ1) is 20.0.